The molecule has 1 aromatic carbocycles. The van der Waals surface area contributed by atoms with Gasteiger partial charge in [0.05, 0.1) is 12.3 Å². The second-order valence-corrected chi connectivity index (χ2v) is 7.88. The van der Waals surface area contributed by atoms with Crippen molar-refractivity contribution < 1.29 is 9.09 Å². The molecule has 1 aromatic rings. The molecule has 0 amide bonds. The van der Waals surface area contributed by atoms with E-state index in [2.05, 4.69) is 10.6 Å². The fraction of sp³-hybridized carbons (Fsp3) is 0.500. The molecule has 4 atom stereocenters. The van der Waals surface area contributed by atoms with Crippen LogP contribution in [-0.4, -0.2) is 31.2 Å². The third kappa shape index (κ3) is 1.46. The van der Waals surface area contributed by atoms with Gasteiger partial charge < -0.3 is 4.52 Å². The number of hydrogen-bond acceptors (Lipinski definition) is 4. The van der Waals surface area contributed by atoms with Crippen molar-refractivity contribution >= 4 is 7.52 Å². The van der Waals surface area contributed by atoms with Gasteiger partial charge in [-0.2, -0.15) is 0 Å². The standard InChI is InChI=1S/C12H18N3O2P/c1-12(9-7-5-4-6-8-9)14-10-11(13-10)15(2)18(12,16)17-3/h4-8,10-11,13-14H,1-3H3. The van der Waals surface area contributed by atoms with E-state index in [-0.39, 0.29) is 12.3 Å². The van der Waals surface area contributed by atoms with Crippen molar-refractivity contribution in [1.82, 2.24) is 15.3 Å². The lowest BCUT2D eigenvalue weighted by Crippen LogP contribution is -2.51. The van der Waals surface area contributed by atoms with Crippen molar-refractivity contribution in [3.63, 3.8) is 0 Å². The summed E-state index contributed by atoms with van der Waals surface area (Å²) in [6.45, 7) is 1.94. The topological polar surface area (TPSA) is 63.5 Å². The van der Waals surface area contributed by atoms with Crippen LogP contribution in [0.5, 0.6) is 0 Å². The van der Waals surface area contributed by atoms with Gasteiger partial charge in [-0.25, -0.2) is 4.67 Å². The molecular formula is C12H18N3O2P. The molecule has 98 valence electrons. The Labute approximate surface area is 107 Å². The summed E-state index contributed by atoms with van der Waals surface area (Å²) < 4.78 is 20.5. The summed E-state index contributed by atoms with van der Waals surface area (Å²) in [6.07, 6.45) is 0.282. The summed E-state index contributed by atoms with van der Waals surface area (Å²) in [5.41, 5.74) is 0.981. The summed E-state index contributed by atoms with van der Waals surface area (Å²) in [4.78, 5) is 0. The minimum absolute atomic E-state index is 0.104. The summed E-state index contributed by atoms with van der Waals surface area (Å²) >= 11 is 0. The highest BCUT2D eigenvalue weighted by Crippen LogP contribution is 2.67. The average molecular weight is 267 g/mol. The van der Waals surface area contributed by atoms with Gasteiger partial charge in [0.2, 0.25) is 0 Å². The second kappa shape index (κ2) is 3.89. The molecule has 0 bridgehead atoms. The zero-order valence-electron chi connectivity index (χ0n) is 10.8. The quantitative estimate of drug-likeness (QED) is 0.628. The van der Waals surface area contributed by atoms with E-state index < -0.39 is 12.8 Å². The molecule has 2 aliphatic rings. The van der Waals surface area contributed by atoms with Gasteiger partial charge in [-0.1, -0.05) is 30.3 Å². The van der Waals surface area contributed by atoms with Crippen molar-refractivity contribution in [2.75, 3.05) is 14.2 Å². The third-order valence-electron chi connectivity index (χ3n) is 3.96. The summed E-state index contributed by atoms with van der Waals surface area (Å²) in [7, 11) is 0.384. The molecule has 3 rings (SSSR count). The minimum atomic E-state index is -2.98. The first kappa shape index (κ1) is 12.3. The summed E-state index contributed by atoms with van der Waals surface area (Å²) in [5, 5.41) is 5.98. The first-order valence-electron chi connectivity index (χ1n) is 6.01. The van der Waals surface area contributed by atoms with Crippen LogP contribution in [0.1, 0.15) is 12.5 Å². The van der Waals surface area contributed by atoms with Gasteiger partial charge in [-0.3, -0.25) is 15.2 Å². The van der Waals surface area contributed by atoms with Gasteiger partial charge >= 0.3 is 0 Å². The van der Waals surface area contributed by atoms with Crippen molar-refractivity contribution in [2.45, 2.75) is 24.5 Å². The highest BCUT2D eigenvalue weighted by Gasteiger charge is 2.63. The molecule has 5 nitrogen and oxygen atoms in total. The number of nitrogens with zero attached hydrogens (tertiary/aromatic N) is 1. The molecule has 2 heterocycles. The molecule has 0 radical (unpaired) electrons. The SMILES string of the molecule is COP1(=O)N(C)C2NC2NC1(C)c1ccccc1. The second-order valence-electron chi connectivity index (χ2n) is 4.95. The van der Waals surface area contributed by atoms with Crippen LogP contribution in [0.3, 0.4) is 0 Å². The van der Waals surface area contributed by atoms with E-state index in [1.165, 1.54) is 7.11 Å². The molecular weight excluding hydrogens is 249 g/mol. The smallest absolute Gasteiger partial charge is 0.297 e. The maximum absolute atomic E-state index is 13.2. The van der Waals surface area contributed by atoms with Crippen LogP contribution in [0, 0.1) is 0 Å². The lowest BCUT2D eigenvalue weighted by atomic mass is 10.1. The van der Waals surface area contributed by atoms with Crippen LogP contribution in [0.25, 0.3) is 0 Å². The van der Waals surface area contributed by atoms with E-state index in [1.54, 1.807) is 0 Å². The van der Waals surface area contributed by atoms with Gasteiger partial charge in [0.1, 0.15) is 5.28 Å². The Bertz CT molecular complexity index is 509. The summed E-state index contributed by atoms with van der Waals surface area (Å²) in [5.74, 6) is 0. The molecule has 18 heavy (non-hydrogen) atoms. The highest BCUT2D eigenvalue weighted by atomic mass is 31.2. The largest absolute Gasteiger partial charge is 0.319 e. The normalized spacial score (nSPS) is 43.5. The molecule has 0 saturated carbocycles. The predicted octanol–water partition coefficient (Wildman–Crippen LogP) is 1.49. The Balaban J connectivity index is 2.11. The van der Waals surface area contributed by atoms with Crippen LogP contribution >= 0.6 is 7.52 Å². The number of rotatable bonds is 2. The Kier molecular flexibility index (Phi) is 2.66. The Hall–Kier alpha value is -0.710. The number of fused-ring (bicyclic) bond motifs is 1. The lowest BCUT2D eigenvalue weighted by molar-refractivity contribution is 0.249. The first-order valence-corrected chi connectivity index (χ1v) is 7.59. The van der Waals surface area contributed by atoms with Gasteiger partial charge in [0.15, 0.2) is 0 Å². The Morgan fingerprint density at radius 1 is 1.39 bits per heavy atom. The van der Waals surface area contributed by atoms with E-state index in [0.29, 0.717) is 0 Å². The lowest BCUT2D eigenvalue weighted by Gasteiger charge is -2.44. The number of likely N-dealkylation sites (N-methyl/N-ethyl adjacent to an activating group) is 1. The van der Waals surface area contributed by atoms with E-state index in [4.69, 9.17) is 4.52 Å². The first-order chi connectivity index (χ1) is 8.53. The maximum Gasteiger partial charge on any atom is 0.297 e. The van der Waals surface area contributed by atoms with Gasteiger partial charge in [-0.15, -0.1) is 0 Å². The molecule has 0 aliphatic carbocycles. The van der Waals surface area contributed by atoms with Crippen molar-refractivity contribution in [1.29, 1.82) is 0 Å². The monoisotopic (exact) mass is 267 g/mol. The van der Waals surface area contributed by atoms with E-state index in [0.717, 1.165) is 5.56 Å². The molecule has 4 unspecified atom stereocenters. The number of benzene rings is 1. The van der Waals surface area contributed by atoms with E-state index >= 15 is 0 Å². The van der Waals surface area contributed by atoms with Gasteiger partial charge in [0, 0.05) is 7.11 Å². The number of hydrogen-bond donors (Lipinski definition) is 2. The van der Waals surface area contributed by atoms with Crippen LogP contribution < -0.4 is 10.6 Å². The average Bonchev–Trinajstić information content (AvgIpc) is 3.16. The molecule has 6 heteroatoms. The van der Waals surface area contributed by atoms with Crippen molar-refractivity contribution in [3.8, 4) is 0 Å². The van der Waals surface area contributed by atoms with Crippen LogP contribution in [-0.2, 0) is 14.4 Å². The predicted molar refractivity (Wildman–Crippen MR) is 70.0 cm³/mol. The molecule has 0 aromatic heterocycles. The Morgan fingerprint density at radius 2 is 2.06 bits per heavy atom. The van der Waals surface area contributed by atoms with Crippen molar-refractivity contribution in [3.05, 3.63) is 35.9 Å². The molecule has 0 spiro atoms. The van der Waals surface area contributed by atoms with Gasteiger partial charge in [-0.05, 0) is 19.5 Å². The Morgan fingerprint density at radius 3 is 2.67 bits per heavy atom. The van der Waals surface area contributed by atoms with Gasteiger partial charge in [0.25, 0.3) is 7.52 Å². The highest BCUT2D eigenvalue weighted by molar-refractivity contribution is 7.57. The number of nitrogens with one attached hydrogen (secondary N) is 2. The fourth-order valence-corrected chi connectivity index (χ4v) is 5.32. The summed E-state index contributed by atoms with van der Waals surface area (Å²) in [6, 6.07) is 9.82. The van der Waals surface area contributed by atoms with Crippen LogP contribution in [0.15, 0.2) is 30.3 Å². The fourth-order valence-electron chi connectivity index (χ4n) is 2.76. The molecule has 2 N–H and O–H groups in total. The van der Waals surface area contributed by atoms with Crippen molar-refractivity contribution in [2.24, 2.45) is 0 Å². The van der Waals surface area contributed by atoms with Crippen LogP contribution in [0.4, 0.5) is 0 Å². The zero-order valence-corrected chi connectivity index (χ0v) is 11.6. The molecule has 2 saturated heterocycles. The molecule has 2 fully saturated rings. The minimum Gasteiger partial charge on any atom is -0.319 e. The maximum atomic E-state index is 13.2. The zero-order chi connectivity index (χ0) is 13.0. The van der Waals surface area contributed by atoms with E-state index in [1.807, 2.05) is 49.0 Å². The van der Waals surface area contributed by atoms with E-state index in [9.17, 15) is 4.57 Å². The third-order valence-corrected chi connectivity index (χ3v) is 7.05. The molecule has 2 aliphatic heterocycles. The van der Waals surface area contributed by atoms with Crippen LogP contribution in [0.2, 0.25) is 0 Å².